The van der Waals surface area contributed by atoms with Crippen LogP contribution in [0.15, 0.2) is 47.6 Å². The van der Waals surface area contributed by atoms with E-state index in [1.807, 2.05) is 0 Å². The van der Waals surface area contributed by atoms with Crippen LogP contribution in [0.3, 0.4) is 0 Å². The van der Waals surface area contributed by atoms with Gasteiger partial charge in [0.05, 0.1) is 26.0 Å². The number of phenolic OH excluding ortho intramolecular Hbond substituents is 1. The summed E-state index contributed by atoms with van der Waals surface area (Å²) in [6.45, 7) is 0. The molecule has 22 heavy (non-hydrogen) atoms. The van der Waals surface area contributed by atoms with Crippen molar-refractivity contribution in [1.29, 1.82) is 0 Å². The first-order valence-corrected chi connectivity index (χ1v) is 6.49. The largest absolute Gasteiger partial charge is 0.507 e. The van der Waals surface area contributed by atoms with Crippen molar-refractivity contribution in [2.45, 2.75) is 0 Å². The number of hydrogen-bond donors (Lipinski definition) is 2. The molecule has 2 rings (SSSR count). The number of nitrogens with one attached hydrogen (secondary N) is 1. The van der Waals surface area contributed by atoms with E-state index in [1.165, 1.54) is 26.5 Å². The Bertz CT molecular complexity index is 698. The third kappa shape index (κ3) is 3.54. The smallest absolute Gasteiger partial charge is 0.275 e. The molecule has 6 heteroatoms. The summed E-state index contributed by atoms with van der Waals surface area (Å²) in [4.78, 5) is 12.1. The normalized spacial score (nSPS) is 10.5. The number of ether oxygens (including phenoxy) is 2. The Morgan fingerprint density at radius 2 is 1.95 bits per heavy atom. The second-order valence-corrected chi connectivity index (χ2v) is 4.32. The van der Waals surface area contributed by atoms with Gasteiger partial charge < -0.3 is 14.6 Å². The predicted molar refractivity (Wildman–Crippen MR) is 82.7 cm³/mol. The Hall–Kier alpha value is -3.02. The molecule has 0 radical (unpaired) electrons. The lowest BCUT2D eigenvalue weighted by molar-refractivity contribution is 0.0952. The highest BCUT2D eigenvalue weighted by Gasteiger charge is 2.12. The molecule has 0 fully saturated rings. The van der Waals surface area contributed by atoms with Crippen LogP contribution in [0.5, 0.6) is 17.2 Å². The third-order valence-electron chi connectivity index (χ3n) is 2.96. The predicted octanol–water partition coefficient (Wildman–Crippen LogP) is 2.17. The van der Waals surface area contributed by atoms with Crippen LogP contribution in [0.4, 0.5) is 0 Å². The van der Waals surface area contributed by atoms with E-state index >= 15 is 0 Å². The maximum absolute atomic E-state index is 12.1. The molecule has 0 aliphatic rings. The van der Waals surface area contributed by atoms with E-state index in [2.05, 4.69) is 10.5 Å². The standard InChI is InChI=1S/C16H16N2O4/c1-21-12-7-8-13(15(9-12)22-2)16(20)18-17-10-11-5-3-4-6-14(11)19/h3-10,19H,1-2H3,(H,18,20). The van der Waals surface area contributed by atoms with Crippen LogP contribution in [0.1, 0.15) is 15.9 Å². The van der Waals surface area contributed by atoms with Crippen molar-refractivity contribution in [3.05, 3.63) is 53.6 Å². The first-order chi connectivity index (χ1) is 10.7. The lowest BCUT2D eigenvalue weighted by atomic mass is 10.2. The summed E-state index contributed by atoms with van der Waals surface area (Å²) < 4.78 is 10.2. The fourth-order valence-electron chi connectivity index (χ4n) is 1.80. The number of benzene rings is 2. The van der Waals surface area contributed by atoms with Crippen LogP contribution in [0.2, 0.25) is 0 Å². The van der Waals surface area contributed by atoms with Crippen molar-refractivity contribution >= 4 is 12.1 Å². The summed E-state index contributed by atoms with van der Waals surface area (Å²) in [5, 5.41) is 13.4. The molecule has 0 aliphatic carbocycles. The number of nitrogens with zero attached hydrogens (tertiary/aromatic N) is 1. The lowest BCUT2D eigenvalue weighted by Gasteiger charge is -2.08. The molecule has 0 aromatic heterocycles. The Morgan fingerprint density at radius 3 is 2.64 bits per heavy atom. The number of hydrazone groups is 1. The van der Waals surface area contributed by atoms with Gasteiger partial charge in [0, 0.05) is 11.6 Å². The zero-order valence-electron chi connectivity index (χ0n) is 12.2. The zero-order valence-corrected chi connectivity index (χ0v) is 12.2. The van der Waals surface area contributed by atoms with Gasteiger partial charge in [-0.25, -0.2) is 5.43 Å². The molecule has 2 aromatic rings. The molecule has 0 spiro atoms. The summed E-state index contributed by atoms with van der Waals surface area (Å²) in [5.74, 6) is 0.634. The van der Waals surface area contributed by atoms with Gasteiger partial charge in [-0.15, -0.1) is 0 Å². The average Bonchev–Trinajstić information content (AvgIpc) is 2.55. The number of methoxy groups -OCH3 is 2. The first kappa shape index (κ1) is 15.4. The second-order valence-electron chi connectivity index (χ2n) is 4.32. The van der Waals surface area contributed by atoms with Crippen LogP contribution >= 0.6 is 0 Å². The SMILES string of the molecule is COc1ccc(C(=O)NN=Cc2ccccc2O)c(OC)c1. The van der Waals surface area contributed by atoms with Gasteiger partial charge in [0.15, 0.2) is 0 Å². The monoisotopic (exact) mass is 300 g/mol. The average molecular weight is 300 g/mol. The number of hydrogen-bond acceptors (Lipinski definition) is 5. The van der Waals surface area contributed by atoms with Crippen LogP contribution in [-0.4, -0.2) is 31.4 Å². The number of aromatic hydroxyl groups is 1. The van der Waals surface area contributed by atoms with Gasteiger partial charge in [0.1, 0.15) is 17.2 Å². The van der Waals surface area contributed by atoms with E-state index in [0.717, 1.165) is 0 Å². The minimum Gasteiger partial charge on any atom is -0.507 e. The third-order valence-corrected chi connectivity index (χ3v) is 2.96. The van der Waals surface area contributed by atoms with Gasteiger partial charge in [-0.05, 0) is 24.3 Å². The number of para-hydroxylation sites is 1. The van der Waals surface area contributed by atoms with Crippen molar-refractivity contribution in [2.24, 2.45) is 5.10 Å². The topological polar surface area (TPSA) is 80.2 Å². The van der Waals surface area contributed by atoms with Crippen molar-refractivity contribution in [3.8, 4) is 17.2 Å². The number of carbonyl (C=O) groups excluding carboxylic acids is 1. The first-order valence-electron chi connectivity index (χ1n) is 6.49. The fraction of sp³-hybridized carbons (Fsp3) is 0.125. The number of carbonyl (C=O) groups is 1. The van der Waals surface area contributed by atoms with Crippen molar-refractivity contribution in [2.75, 3.05) is 14.2 Å². The molecule has 1 amide bonds. The molecule has 6 nitrogen and oxygen atoms in total. The summed E-state index contributed by atoms with van der Waals surface area (Å²) >= 11 is 0. The molecule has 2 N–H and O–H groups in total. The molecule has 2 aromatic carbocycles. The van der Waals surface area contributed by atoms with E-state index in [4.69, 9.17) is 9.47 Å². The van der Waals surface area contributed by atoms with Gasteiger partial charge in [0.25, 0.3) is 5.91 Å². The highest BCUT2D eigenvalue weighted by Crippen LogP contribution is 2.24. The Morgan fingerprint density at radius 1 is 1.18 bits per heavy atom. The van der Waals surface area contributed by atoms with E-state index < -0.39 is 5.91 Å². The van der Waals surface area contributed by atoms with Gasteiger partial charge in [0.2, 0.25) is 0 Å². The molecule has 0 saturated carbocycles. The maximum atomic E-state index is 12.1. The van der Waals surface area contributed by atoms with Crippen LogP contribution < -0.4 is 14.9 Å². The number of rotatable bonds is 5. The summed E-state index contributed by atoms with van der Waals surface area (Å²) in [6, 6.07) is 11.5. The number of amides is 1. The molecule has 0 atom stereocenters. The van der Waals surface area contributed by atoms with E-state index in [0.29, 0.717) is 22.6 Å². The minimum atomic E-state index is -0.425. The molecule has 114 valence electrons. The summed E-state index contributed by atoms with van der Waals surface area (Å²) in [6.07, 6.45) is 1.36. The lowest BCUT2D eigenvalue weighted by Crippen LogP contribution is -2.18. The molecular formula is C16H16N2O4. The van der Waals surface area contributed by atoms with Gasteiger partial charge in [-0.2, -0.15) is 5.10 Å². The van der Waals surface area contributed by atoms with Crippen molar-refractivity contribution < 1.29 is 19.4 Å². The quantitative estimate of drug-likeness (QED) is 0.655. The zero-order chi connectivity index (χ0) is 15.9. The van der Waals surface area contributed by atoms with Crippen molar-refractivity contribution in [3.63, 3.8) is 0 Å². The van der Waals surface area contributed by atoms with E-state index in [9.17, 15) is 9.90 Å². The maximum Gasteiger partial charge on any atom is 0.275 e. The Kier molecular flexibility index (Phi) is 4.98. The second kappa shape index (κ2) is 7.12. The van der Waals surface area contributed by atoms with Gasteiger partial charge in [-0.1, -0.05) is 12.1 Å². The molecule has 0 unspecified atom stereocenters. The summed E-state index contributed by atoms with van der Waals surface area (Å²) in [5.41, 5.74) is 3.22. The Balaban J connectivity index is 2.11. The number of phenols is 1. The summed E-state index contributed by atoms with van der Waals surface area (Å²) in [7, 11) is 3.00. The van der Waals surface area contributed by atoms with Crippen LogP contribution in [0, 0.1) is 0 Å². The molecule has 0 aliphatic heterocycles. The van der Waals surface area contributed by atoms with E-state index in [-0.39, 0.29) is 5.75 Å². The minimum absolute atomic E-state index is 0.0857. The van der Waals surface area contributed by atoms with Crippen LogP contribution in [-0.2, 0) is 0 Å². The van der Waals surface area contributed by atoms with Gasteiger partial charge >= 0.3 is 0 Å². The fourth-order valence-corrected chi connectivity index (χ4v) is 1.80. The van der Waals surface area contributed by atoms with Crippen molar-refractivity contribution in [1.82, 2.24) is 5.43 Å². The van der Waals surface area contributed by atoms with Gasteiger partial charge in [-0.3, -0.25) is 4.79 Å². The molecular weight excluding hydrogens is 284 g/mol. The molecule has 0 bridgehead atoms. The van der Waals surface area contributed by atoms with E-state index in [1.54, 1.807) is 36.4 Å². The molecule has 0 heterocycles. The Labute approximate surface area is 128 Å². The highest BCUT2D eigenvalue weighted by atomic mass is 16.5. The highest BCUT2D eigenvalue weighted by molar-refractivity contribution is 5.97. The van der Waals surface area contributed by atoms with Crippen LogP contribution in [0.25, 0.3) is 0 Å². The molecule has 0 saturated heterocycles.